The van der Waals surface area contributed by atoms with Crippen molar-refractivity contribution in [3.05, 3.63) is 65.2 Å². The van der Waals surface area contributed by atoms with Gasteiger partial charge in [-0.3, -0.25) is 0 Å². The molecule has 2 saturated carbocycles. The standard InChI is InChI=1S/C30H40N2O/c1-5-9-22-18-23-19-24(33-20-21-10-7-6-8-11-21)12-13-25(23)26-16-17-30(2)27(29(22)26)14-15-28(30)31-32(3)4/h6-8,10-13,19,22,26-27,29H,5,9,14-18,20H2,1-4H3/t22-,26-,27+,29-,30+/m1/s1. The Kier molecular flexibility index (Phi) is 6.24. The van der Waals surface area contributed by atoms with Crippen LogP contribution in [0.25, 0.3) is 0 Å². The van der Waals surface area contributed by atoms with Crippen LogP contribution in [-0.4, -0.2) is 24.8 Å². The smallest absolute Gasteiger partial charge is 0.120 e. The van der Waals surface area contributed by atoms with Crippen LogP contribution in [0.2, 0.25) is 0 Å². The molecule has 0 aliphatic heterocycles. The molecule has 3 aliphatic rings. The van der Waals surface area contributed by atoms with Gasteiger partial charge in [-0.15, -0.1) is 0 Å². The van der Waals surface area contributed by atoms with Crippen molar-refractivity contribution in [1.29, 1.82) is 0 Å². The second-order valence-corrected chi connectivity index (χ2v) is 11.1. The molecule has 0 radical (unpaired) electrons. The summed E-state index contributed by atoms with van der Waals surface area (Å²) in [6.07, 6.45) is 8.88. The van der Waals surface area contributed by atoms with Gasteiger partial charge in [0.05, 0.1) is 0 Å². The Morgan fingerprint density at radius 1 is 1.09 bits per heavy atom. The number of hydrazone groups is 1. The Hall–Kier alpha value is -2.29. The maximum Gasteiger partial charge on any atom is 0.120 e. The quantitative estimate of drug-likeness (QED) is 0.445. The first-order valence-corrected chi connectivity index (χ1v) is 13.0. The van der Waals surface area contributed by atoms with Gasteiger partial charge in [-0.25, -0.2) is 0 Å². The molecular weight excluding hydrogens is 404 g/mol. The molecule has 33 heavy (non-hydrogen) atoms. The summed E-state index contributed by atoms with van der Waals surface area (Å²) in [6, 6.07) is 17.5. The maximum atomic E-state index is 6.21. The monoisotopic (exact) mass is 444 g/mol. The van der Waals surface area contributed by atoms with Gasteiger partial charge in [0.1, 0.15) is 12.4 Å². The van der Waals surface area contributed by atoms with Crippen molar-refractivity contribution in [2.24, 2.45) is 28.3 Å². The van der Waals surface area contributed by atoms with E-state index in [1.807, 2.05) is 5.01 Å². The highest BCUT2D eigenvalue weighted by Crippen LogP contribution is 2.62. The fourth-order valence-electron chi connectivity index (χ4n) is 7.45. The predicted octanol–water partition coefficient (Wildman–Crippen LogP) is 7.07. The van der Waals surface area contributed by atoms with Gasteiger partial charge < -0.3 is 9.75 Å². The highest BCUT2D eigenvalue weighted by atomic mass is 16.5. The minimum atomic E-state index is 0.285. The SMILES string of the molecule is CCC[C@@H]1Cc2cc(OCc3ccccc3)ccc2[C@H]2CC[C@]3(C)C(=NN(C)C)CC[C@H]3[C@H]12. The van der Waals surface area contributed by atoms with E-state index in [0.717, 1.165) is 23.5 Å². The zero-order valence-corrected chi connectivity index (χ0v) is 20.9. The van der Waals surface area contributed by atoms with E-state index in [1.165, 1.54) is 56.2 Å². The molecule has 3 aliphatic carbocycles. The Bertz CT molecular complexity index is 998. The van der Waals surface area contributed by atoms with Gasteiger partial charge in [-0.05, 0) is 84.6 Å². The van der Waals surface area contributed by atoms with E-state index in [4.69, 9.17) is 9.84 Å². The minimum Gasteiger partial charge on any atom is -0.489 e. The van der Waals surface area contributed by atoms with Crippen LogP contribution in [0.1, 0.15) is 75.0 Å². The van der Waals surface area contributed by atoms with Crippen molar-refractivity contribution in [1.82, 2.24) is 5.01 Å². The lowest BCUT2D eigenvalue weighted by Crippen LogP contribution is -2.46. The molecule has 2 fully saturated rings. The number of ether oxygens (including phenoxy) is 1. The van der Waals surface area contributed by atoms with Crippen molar-refractivity contribution >= 4 is 5.71 Å². The molecule has 3 heteroatoms. The molecule has 5 rings (SSSR count). The molecule has 0 unspecified atom stereocenters. The van der Waals surface area contributed by atoms with Crippen LogP contribution in [0.15, 0.2) is 53.6 Å². The largest absolute Gasteiger partial charge is 0.489 e. The van der Waals surface area contributed by atoms with Crippen molar-refractivity contribution in [2.45, 2.75) is 71.3 Å². The summed E-state index contributed by atoms with van der Waals surface area (Å²) in [5.74, 6) is 4.06. The molecule has 0 spiro atoms. The van der Waals surface area contributed by atoms with Crippen LogP contribution in [0.4, 0.5) is 0 Å². The van der Waals surface area contributed by atoms with Gasteiger partial charge in [-0.1, -0.05) is 63.1 Å². The third-order valence-electron chi connectivity index (χ3n) is 8.84. The minimum absolute atomic E-state index is 0.285. The summed E-state index contributed by atoms with van der Waals surface area (Å²) in [5.41, 5.74) is 6.13. The molecule has 0 bridgehead atoms. The van der Waals surface area contributed by atoms with Gasteiger partial charge >= 0.3 is 0 Å². The summed E-state index contributed by atoms with van der Waals surface area (Å²) in [7, 11) is 4.15. The summed E-state index contributed by atoms with van der Waals surface area (Å²) >= 11 is 0. The lowest BCUT2D eigenvalue weighted by atomic mass is 9.52. The summed E-state index contributed by atoms with van der Waals surface area (Å²) in [4.78, 5) is 0. The first-order chi connectivity index (χ1) is 16.0. The van der Waals surface area contributed by atoms with Crippen molar-refractivity contribution < 1.29 is 4.74 Å². The van der Waals surface area contributed by atoms with E-state index in [1.54, 1.807) is 11.1 Å². The van der Waals surface area contributed by atoms with E-state index in [9.17, 15) is 0 Å². The Morgan fingerprint density at radius 2 is 1.91 bits per heavy atom. The Labute approximate surface area is 200 Å². The Balaban J connectivity index is 1.42. The predicted molar refractivity (Wildman–Crippen MR) is 137 cm³/mol. The van der Waals surface area contributed by atoms with Gasteiger partial charge in [0.15, 0.2) is 0 Å². The third-order valence-corrected chi connectivity index (χ3v) is 8.84. The second-order valence-electron chi connectivity index (χ2n) is 11.1. The van der Waals surface area contributed by atoms with Crippen LogP contribution < -0.4 is 4.74 Å². The zero-order valence-electron chi connectivity index (χ0n) is 20.9. The van der Waals surface area contributed by atoms with Gasteiger partial charge in [0, 0.05) is 25.2 Å². The summed E-state index contributed by atoms with van der Waals surface area (Å²) < 4.78 is 6.21. The number of rotatable bonds is 6. The average Bonchev–Trinajstić information content (AvgIpc) is 3.13. The van der Waals surface area contributed by atoms with Gasteiger partial charge in [0.25, 0.3) is 0 Å². The fourth-order valence-corrected chi connectivity index (χ4v) is 7.45. The molecule has 0 aromatic heterocycles. The zero-order chi connectivity index (χ0) is 23.0. The van der Waals surface area contributed by atoms with Crippen molar-refractivity contribution in [3.63, 3.8) is 0 Å². The average molecular weight is 445 g/mol. The number of fused-ring (bicyclic) bond motifs is 5. The third kappa shape index (κ3) is 4.20. The normalized spacial score (nSPS) is 31.6. The lowest BCUT2D eigenvalue weighted by Gasteiger charge is -2.52. The second kappa shape index (κ2) is 9.16. The fraction of sp³-hybridized carbons (Fsp3) is 0.567. The first kappa shape index (κ1) is 22.5. The van der Waals surface area contributed by atoms with E-state index in [2.05, 4.69) is 76.5 Å². The van der Waals surface area contributed by atoms with Gasteiger partial charge in [0.2, 0.25) is 0 Å². The highest BCUT2D eigenvalue weighted by molar-refractivity contribution is 5.92. The molecule has 0 heterocycles. The van der Waals surface area contributed by atoms with Crippen molar-refractivity contribution in [3.8, 4) is 5.75 Å². The Morgan fingerprint density at radius 3 is 2.67 bits per heavy atom. The van der Waals surface area contributed by atoms with Crippen LogP contribution in [-0.2, 0) is 13.0 Å². The molecule has 176 valence electrons. The van der Waals surface area contributed by atoms with Crippen LogP contribution in [0.5, 0.6) is 5.75 Å². The molecule has 3 nitrogen and oxygen atoms in total. The molecule has 5 atom stereocenters. The molecule has 0 amide bonds. The highest BCUT2D eigenvalue weighted by Gasteiger charge is 2.55. The number of hydrogen-bond acceptors (Lipinski definition) is 3. The van der Waals surface area contributed by atoms with Crippen LogP contribution in [0, 0.1) is 23.2 Å². The molecule has 2 aromatic carbocycles. The lowest BCUT2D eigenvalue weighted by molar-refractivity contribution is 0.0497. The van der Waals surface area contributed by atoms with E-state index in [-0.39, 0.29) is 5.41 Å². The van der Waals surface area contributed by atoms with E-state index < -0.39 is 0 Å². The maximum absolute atomic E-state index is 6.21. The van der Waals surface area contributed by atoms with E-state index >= 15 is 0 Å². The molecule has 2 aromatic rings. The molecular formula is C30H40N2O. The summed E-state index contributed by atoms with van der Waals surface area (Å²) in [5, 5.41) is 7.00. The summed E-state index contributed by atoms with van der Waals surface area (Å²) in [6.45, 7) is 5.53. The van der Waals surface area contributed by atoms with Gasteiger partial charge in [-0.2, -0.15) is 5.10 Å². The van der Waals surface area contributed by atoms with Crippen molar-refractivity contribution in [2.75, 3.05) is 14.1 Å². The number of benzene rings is 2. The van der Waals surface area contributed by atoms with Crippen LogP contribution in [0.3, 0.4) is 0 Å². The van der Waals surface area contributed by atoms with Crippen LogP contribution >= 0.6 is 0 Å². The number of nitrogens with zero attached hydrogens (tertiary/aromatic N) is 2. The first-order valence-electron chi connectivity index (χ1n) is 13.0. The topological polar surface area (TPSA) is 24.8 Å². The molecule has 0 N–H and O–H groups in total. The number of hydrogen-bond donors (Lipinski definition) is 0. The van der Waals surface area contributed by atoms with E-state index in [0.29, 0.717) is 12.5 Å². The molecule has 0 saturated heterocycles.